The fraction of sp³-hybridized carbons (Fsp3) is 0.286. The molecule has 1 fully saturated rings. The maximum atomic E-state index is 12.3. The van der Waals surface area contributed by atoms with Gasteiger partial charge in [0.2, 0.25) is 0 Å². The van der Waals surface area contributed by atoms with Crippen molar-refractivity contribution in [1.29, 1.82) is 0 Å². The second-order valence-corrected chi connectivity index (χ2v) is 6.44. The Hall–Kier alpha value is -3.15. The van der Waals surface area contributed by atoms with Crippen molar-refractivity contribution in [2.45, 2.75) is 18.9 Å². The van der Waals surface area contributed by atoms with Crippen LogP contribution in [0, 0.1) is 0 Å². The Morgan fingerprint density at radius 2 is 1.70 bits per heavy atom. The zero-order valence-electron chi connectivity index (χ0n) is 15.0. The first-order valence-electron chi connectivity index (χ1n) is 8.98. The van der Waals surface area contributed by atoms with E-state index in [1.807, 2.05) is 18.2 Å². The highest BCUT2D eigenvalue weighted by molar-refractivity contribution is 5.94. The molecule has 2 aromatic carbocycles. The van der Waals surface area contributed by atoms with Crippen LogP contribution >= 0.6 is 0 Å². The standard InChI is InChI=1S/C21H22N2O4/c24-14-17-8-4-5-9-19(17)27-15-20(25)23-12-10-18(11-13-23)22-21(26)16-6-2-1-3-7-16/h1-9,14,18H,10-13,15H2,(H,22,26). The summed E-state index contributed by atoms with van der Waals surface area (Å²) >= 11 is 0. The number of hydrogen-bond donors (Lipinski definition) is 1. The Kier molecular flexibility index (Phi) is 6.20. The second kappa shape index (κ2) is 8.98. The lowest BCUT2D eigenvalue weighted by Crippen LogP contribution is -2.47. The van der Waals surface area contributed by atoms with E-state index in [1.54, 1.807) is 41.3 Å². The molecule has 0 aliphatic carbocycles. The van der Waals surface area contributed by atoms with Crippen LogP contribution in [0.25, 0.3) is 0 Å². The quantitative estimate of drug-likeness (QED) is 0.796. The number of para-hydroxylation sites is 1. The van der Waals surface area contributed by atoms with Gasteiger partial charge in [0.1, 0.15) is 5.75 Å². The number of nitrogens with zero attached hydrogens (tertiary/aromatic N) is 1. The van der Waals surface area contributed by atoms with Crippen molar-refractivity contribution in [3.05, 3.63) is 65.7 Å². The summed E-state index contributed by atoms with van der Waals surface area (Å²) in [5, 5.41) is 3.02. The van der Waals surface area contributed by atoms with E-state index < -0.39 is 0 Å². The molecular weight excluding hydrogens is 344 g/mol. The van der Waals surface area contributed by atoms with E-state index in [2.05, 4.69) is 5.32 Å². The van der Waals surface area contributed by atoms with Crippen LogP contribution in [0.15, 0.2) is 54.6 Å². The lowest BCUT2D eigenvalue weighted by molar-refractivity contribution is -0.134. The Labute approximate surface area is 158 Å². The van der Waals surface area contributed by atoms with E-state index in [0.717, 1.165) is 0 Å². The largest absolute Gasteiger partial charge is 0.483 e. The number of ether oxygens (including phenoxy) is 1. The predicted molar refractivity (Wildman–Crippen MR) is 101 cm³/mol. The lowest BCUT2D eigenvalue weighted by atomic mass is 10.0. The fourth-order valence-electron chi connectivity index (χ4n) is 3.07. The molecule has 0 saturated carbocycles. The van der Waals surface area contributed by atoms with Gasteiger partial charge < -0.3 is 15.0 Å². The SMILES string of the molecule is O=Cc1ccccc1OCC(=O)N1CCC(NC(=O)c2ccccc2)CC1. The Morgan fingerprint density at radius 3 is 2.41 bits per heavy atom. The number of nitrogens with one attached hydrogen (secondary N) is 1. The number of carbonyl (C=O) groups is 3. The summed E-state index contributed by atoms with van der Waals surface area (Å²) in [5.74, 6) is 0.198. The first-order valence-corrected chi connectivity index (χ1v) is 8.98. The molecule has 27 heavy (non-hydrogen) atoms. The molecule has 6 heteroatoms. The van der Waals surface area contributed by atoms with Gasteiger partial charge in [0.05, 0.1) is 5.56 Å². The molecule has 0 spiro atoms. The molecule has 2 aromatic rings. The molecule has 140 valence electrons. The van der Waals surface area contributed by atoms with Crippen molar-refractivity contribution >= 4 is 18.1 Å². The Bertz CT molecular complexity index is 799. The van der Waals surface area contributed by atoms with Crippen LogP contribution in [0.1, 0.15) is 33.6 Å². The van der Waals surface area contributed by atoms with Gasteiger partial charge in [-0.05, 0) is 37.1 Å². The topological polar surface area (TPSA) is 75.7 Å². The van der Waals surface area contributed by atoms with E-state index in [0.29, 0.717) is 49.1 Å². The van der Waals surface area contributed by atoms with Crippen LogP contribution < -0.4 is 10.1 Å². The minimum Gasteiger partial charge on any atom is -0.483 e. The third kappa shape index (κ3) is 4.94. The third-order valence-corrected chi connectivity index (χ3v) is 4.62. The monoisotopic (exact) mass is 366 g/mol. The molecule has 2 amide bonds. The minimum absolute atomic E-state index is 0.0541. The van der Waals surface area contributed by atoms with E-state index in [4.69, 9.17) is 4.74 Å². The molecule has 0 radical (unpaired) electrons. The Balaban J connectivity index is 1.45. The number of amides is 2. The molecule has 3 rings (SSSR count). The Morgan fingerprint density at radius 1 is 1.04 bits per heavy atom. The van der Waals surface area contributed by atoms with Gasteiger partial charge in [-0.15, -0.1) is 0 Å². The summed E-state index contributed by atoms with van der Waals surface area (Å²) in [5.41, 5.74) is 1.06. The summed E-state index contributed by atoms with van der Waals surface area (Å²) in [6, 6.07) is 16.0. The number of rotatable bonds is 6. The van der Waals surface area contributed by atoms with Crippen molar-refractivity contribution < 1.29 is 19.1 Å². The minimum atomic E-state index is -0.122. The highest BCUT2D eigenvalue weighted by atomic mass is 16.5. The van der Waals surface area contributed by atoms with E-state index in [1.165, 1.54) is 0 Å². The van der Waals surface area contributed by atoms with Gasteiger partial charge in [-0.3, -0.25) is 14.4 Å². The van der Waals surface area contributed by atoms with Crippen LogP contribution in [0.2, 0.25) is 0 Å². The zero-order chi connectivity index (χ0) is 19.1. The van der Waals surface area contributed by atoms with E-state index in [9.17, 15) is 14.4 Å². The average Bonchev–Trinajstić information content (AvgIpc) is 2.73. The highest BCUT2D eigenvalue weighted by Crippen LogP contribution is 2.16. The molecular formula is C21H22N2O4. The maximum absolute atomic E-state index is 12.3. The van der Waals surface area contributed by atoms with Gasteiger partial charge in [0.25, 0.3) is 11.8 Å². The van der Waals surface area contributed by atoms with Gasteiger partial charge in [0, 0.05) is 24.7 Å². The summed E-state index contributed by atoms with van der Waals surface area (Å²) in [4.78, 5) is 37.3. The smallest absolute Gasteiger partial charge is 0.260 e. The van der Waals surface area contributed by atoms with Crippen molar-refractivity contribution in [1.82, 2.24) is 10.2 Å². The number of benzene rings is 2. The molecule has 0 unspecified atom stereocenters. The van der Waals surface area contributed by atoms with E-state index in [-0.39, 0.29) is 24.5 Å². The fourth-order valence-corrected chi connectivity index (χ4v) is 3.07. The first kappa shape index (κ1) is 18.6. The number of hydrogen-bond acceptors (Lipinski definition) is 4. The van der Waals surface area contributed by atoms with Crippen molar-refractivity contribution in [2.24, 2.45) is 0 Å². The van der Waals surface area contributed by atoms with Crippen LogP contribution in [0.4, 0.5) is 0 Å². The van der Waals surface area contributed by atoms with Crippen molar-refractivity contribution in [3.63, 3.8) is 0 Å². The molecule has 1 saturated heterocycles. The molecule has 1 N–H and O–H groups in total. The lowest BCUT2D eigenvalue weighted by Gasteiger charge is -2.32. The van der Waals surface area contributed by atoms with Gasteiger partial charge in [-0.2, -0.15) is 0 Å². The third-order valence-electron chi connectivity index (χ3n) is 4.62. The number of piperidine rings is 1. The molecule has 6 nitrogen and oxygen atoms in total. The van der Waals surface area contributed by atoms with Gasteiger partial charge in [-0.25, -0.2) is 0 Å². The molecule has 1 aliphatic rings. The number of likely N-dealkylation sites (tertiary alicyclic amines) is 1. The van der Waals surface area contributed by atoms with Crippen molar-refractivity contribution in [2.75, 3.05) is 19.7 Å². The van der Waals surface area contributed by atoms with Gasteiger partial charge in [0.15, 0.2) is 12.9 Å². The van der Waals surface area contributed by atoms with Gasteiger partial charge >= 0.3 is 0 Å². The maximum Gasteiger partial charge on any atom is 0.260 e. The normalized spacial score (nSPS) is 14.4. The van der Waals surface area contributed by atoms with Crippen LogP contribution in [0.3, 0.4) is 0 Å². The van der Waals surface area contributed by atoms with Crippen LogP contribution in [0.5, 0.6) is 5.75 Å². The second-order valence-electron chi connectivity index (χ2n) is 6.44. The summed E-state index contributed by atoms with van der Waals surface area (Å²) in [6.07, 6.45) is 2.12. The highest BCUT2D eigenvalue weighted by Gasteiger charge is 2.24. The molecule has 1 heterocycles. The molecule has 0 aromatic heterocycles. The average molecular weight is 366 g/mol. The van der Waals surface area contributed by atoms with Crippen LogP contribution in [-0.4, -0.2) is 48.7 Å². The van der Waals surface area contributed by atoms with Crippen molar-refractivity contribution in [3.8, 4) is 5.75 Å². The molecule has 1 aliphatic heterocycles. The summed E-state index contributed by atoms with van der Waals surface area (Å²) in [7, 11) is 0. The predicted octanol–water partition coefficient (Wildman–Crippen LogP) is 2.30. The van der Waals surface area contributed by atoms with Gasteiger partial charge in [-0.1, -0.05) is 30.3 Å². The number of carbonyl (C=O) groups excluding carboxylic acids is 3. The molecule has 0 bridgehead atoms. The zero-order valence-corrected chi connectivity index (χ0v) is 15.0. The van der Waals surface area contributed by atoms with E-state index >= 15 is 0 Å². The number of aldehydes is 1. The molecule has 0 atom stereocenters. The first-order chi connectivity index (χ1) is 13.2. The summed E-state index contributed by atoms with van der Waals surface area (Å²) < 4.78 is 5.50. The summed E-state index contributed by atoms with van der Waals surface area (Å²) in [6.45, 7) is 1.03. The van der Waals surface area contributed by atoms with Crippen LogP contribution in [-0.2, 0) is 4.79 Å².